The third-order valence-corrected chi connectivity index (χ3v) is 4.44. The number of likely N-dealkylation sites (tertiary alicyclic amines) is 1. The fraction of sp³-hybridized carbons (Fsp3) is 0.533. The van der Waals surface area contributed by atoms with Crippen LogP contribution in [-0.2, 0) is 0 Å². The fourth-order valence-corrected chi connectivity index (χ4v) is 3.31. The SMILES string of the molecule is O=C(Nc1ccccc1)N1C[C@H](O)[C@@H]2C[C@H]1CC[C@@H]2O. The van der Waals surface area contributed by atoms with Crippen LogP contribution in [0.25, 0.3) is 0 Å². The van der Waals surface area contributed by atoms with Gasteiger partial charge in [0.2, 0.25) is 0 Å². The van der Waals surface area contributed by atoms with Gasteiger partial charge in [-0.25, -0.2) is 4.79 Å². The van der Waals surface area contributed by atoms with Crippen molar-refractivity contribution in [3.8, 4) is 0 Å². The predicted octanol–water partition coefficient (Wildman–Crippen LogP) is 1.42. The molecule has 0 spiro atoms. The summed E-state index contributed by atoms with van der Waals surface area (Å²) in [4.78, 5) is 14.0. The van der Waals surface area contributed by atoms with E-state index in [9.17, 15) is 15.0 Å². The first-order chi connectivity index (χ1) is 9.65. The summed E-state index contributed by atoms with van der Waals surface area (Å²) in [5.74, 6) is -0.0884. The van der Waals surface area contributed by atoms with Crippen LogP contribution in [0.5, 0.6) is 0 Å². The van der Waals surface area contributed by atoms with E-state index in [1.54, 1.807) is 4.90 Å². The lowest BCUT2D eigenvalue weighted by Crippen LogP contribution is -2.58. The first-order valence-corrected chi connectivity index (χ1v) is 7.14. The van der Waals surface area contributed by atoms with Gasteiger partial charge in [0, 0.05) is 24.2 Å². The van der Waals surface area contributed by atoms with Gasteiger partial charge in [-0.2, -0.15) is 0 Å². The van der Waals surface area contributed by atoms with E-state index >= 15 is 0 Å². The lowest BCUT2D eigenvalue weighted by atomic mass is 9.76. The van der Waals surface area contributed by atoms with Crippen molar-refractivity contribution in [3.05, 3.63) is 30.3 Å². The van der Waals surface area contributed by atoms with Crippen molar-refractivity contribution < 1.29 is 15.0 Å². The second-order valence-electron chi connectivity index (χ2n) is 5.71. The molecule has 0 radical (unpaired) electrons. The van der Waals surface area contributed by atoms with E-state index in [0.29, 0.717) is 19.4 Å². The number of nitrogens with zero attached hydrogens (tertiary/aromatic N) is 1. The minimum absolute atomic E-state index is 0.0884. The van der Waals surface area contributed by atoms with Crippen molar-refractivity contribution in [1.29, 1.82) is 0 Å². The molecule has 3 rings (SSSR count). The highest BCUT2D eigenvalue weighted by molar-refractivity contribution is 5.89. The summed E-state index contributed by atoms with van der Waals surface area (Å²) in [6, 6.07) is 9.26. The molecule has 1 saturated carbocycles. The van der Waals surface area contributed by atoms with Crippen molar-refractivity contribution in [1.82, 2.24) is 4.90 Å². The second-order valence-corrected chi connectivity index (χ2v) is 5.71. The lowest BCUT2D eigenvalue weighted by Gasteiger charge is -2.47. The Morgan fingerprint density at radius 1 is 1.15 bits per heavy atom. The number of rotatable bonds is 1. The summed E-state index contributed by atoms with van der Waals surface area (Å²) in [6.07, 6.45) is 1.07. The van der Waals surface area contributed by atoms with Crippen LogP contribution in [0.2, 0.25) is 0 Å². The highest BCUT2D eigenvalue weighted by Crippen LogP contribution is 2.35. The number of urea groups is 1. The molecular weight excluding hydrogens is 256 g/mol. The maximum Gasteiger partial charge on any atom is 0.322 e. The van der Waals surface area contributed by atoms with Gasteiger partial charge in [-0.05, 0) is 31.4 Å². The molecule has 0 unspecified atom stereocenters. The van der Waals surface area contributed by atoms with E-state index in [0.717, 1.165) is 12.1 Å². The number of aliphatic hydroxyl groups excluding tert-OH is 2. The normalized spacial score (nSPS) is 32.8. The van der Waals surface area contributed by atoms with E-state index in [-0.39, 0.29) is 18.0 Å². The molecule has 0 aromatic heterocycles. The Bertz CT molecular complexity index is 479. The molecule has 2 amide bonds. The Hall–Kier alpha value is -1.59. The number of carbonyl (C=O) groups excluding carboxylic acids is 1. The highest BCUT2D eigenvalue weighted by atomic mass is 16.3. The predicted molar refractivity (Wildman–Crippen MR) is 75.3 cm³/mol. The molecule has 5 nitrogen and oxygen atoms in total. The zero-order valence-electron chi connectivity index (χ0n) is 11.3. The van der Waals surface area contributed by atoms with E-state index in [2.05, 4.69) is 5.32 Å². The Kier molecular flexibility index (Phi) is 3.63. The van der Waals surface area contributed by atoms with Gasteiger partial charge in [-0.15, -0.1) is 0 Å². The summed E-state index contributed by atoms with van der Waals surface area (Å²) < 4.78 is 0. The molecule has 1 aliphatic heterocycles. The molecule has 3 N–H and O–H groups in total. The van der Waals surface area contributed by atoms with Gasteiger partial charge in [0.05, 0.1) is 12.2 Å². The van der Waals surface area contributed by atoms with Crippen LogP contribution < -0.4 is 5.32 Å². The Morgan fingerprint density at radius 3 is 2.65 bits per heavy atom. The van der Waals surface area contributed by atoms with Crippen molar-refractivity contribution >= 4 is 11.7 Å². The van der Waals surface area contributed by atoms with E-state index in [1.165, 1.54) is 0 Å². The van der Waals surface area contributed by atoms with Crippen molar-refractivity contribution in [3.63, 3.8) is 0 Å². The van der Waals surface area contributed by atoms with Crippen molar-refractivity contribution in [2.75, 3.05) is 11.9 Å². The number of amides is 2. The van der Waals surface area contributed by atoms with Gasteiger partial charge in [0.15, 0.2) is 0 Å². The molecule has 4 atom stereocenters. The quantitative estimate of drug-likeness (QED) is 0.726. The van der Waals surface area contributed by atoms with Gasteiger partial charge < -0.3 is 20.4 Å². The van der Waals surface area contributed by atoms with Crippen LogP contribution in [-0.4, -0.2) is 45.9 Å². The minimum Gasteiger partial charge on any atom is -0.393 e. The van der Waals surface area contributed by atoms with Crippen LogP contribution in [0.15, 0.2) is 30.3 Å². The number of fused-ring (bicyclic) bond motifs is 2. The van der Waals surface area contributed by atoms with Crippen LogP contribution in [0, 0.1) is 5.92 Å². The fourth-order valence-electron chi connectivity index (χ4n) is 3.31. The third-order valence-electron chi connectivity index (χ3n) is 4.44. The van der Waals surface area contributed by atoms with Crippen molar-refractivity contribution in [2.45, 2.75) is 37.5 Å². The van der Waals surface area contributed by atoms with Crippen LogP contribution in [0.1, 0.15) is 19.3 Å². The topological polar surface area (TPSA) is 72.8 Å². The van der Waals surface area contributed by atoms with Gasteiger partial charge in [-0.3, -0.25) is 0 Å². The lowest BCUT2D eigenvalue weighted by molar-refractivity contribution is -0.0750. The number of hydrogen-bond donors (Lipinski definition) is 3. The van der Waals surface area contributed by atoms with Gasteiger partial charge in [0.25, 0.3) is 0 Å². The molecule has 5 heteroatoms. The van der Waals surface area contributed by atoms with E-state index in [1.807, 2.05) is 30.3 Å². The molecule has 1 heterocycles. The van der Waals surface area contributed by atoms with Crippen LogP contribution in [0.3, 0.4) is 0 Å². The number of piperidine rings is 1. The molecular formula is C15H20N2O3. The highest BCUT2D eigenvalue weighted by Gasteiger charge is 2.43. The number of β-amino-alcohol motifs (C(OH)–C–C–N with tert-alkyl or cyclic N) is 1. The number of benzene rings is 1. The molecule has 20 heavy (non-hydrogen) atoms. The maximum absolute atomic E-state index is 12.3. The summed E-state index contributed by atoms with van der Waals surface area (Å²) >= 11 is 0. The first kappa shape index (κ1) is 13.4. The zero-order chi connectivity index (χ0) is 14.1. The number of nitrogens with one attached hydrogen (secondary N) is 1. The average molecular weight is 276 g/mol. The Labute approximate surface area is 118 Å². The molecule has 1 aromatic carbocycles. The standard InChI is InChI=1S/C15H20N2O3/c18-13-7-6-11-8-12(13)14(19)9-17(11)15(20)16-10-4-2-1-3-5-10/h1-5,11-14,18-19H,6-9H2,(H,16,20)/t11-,12-,13+,14+/m1/s1. The van der Waals surface area contributed by atoms with Gasteiger partial charge in [0.1, 0.15) is 0 Å². The largest absolute Gasteiger partial charge is 0.393 e. The van der Waals surface area contributed by atoms with Crippen LogP contribution in [0.4, 0.5) is 10.5 Å². The second kappa shape index (κ2) is 5.42. The zero-order valence-corrected chi connectivity index (χ0v) is 11.3. The monoisotopic (exact) mass is 276 g/mol. The Balaban J connectivity index is 1.69. The molecule has 1 saturated heterocycles. The average Bonchev–Trinajstić information content (AvgIpc) is 2.46. The summed E-state index contributed by atoms with van der Waals surface area (Å²) in [7, 11) is 0. The number of para-hydroxylation sites is 1. The molecule has 2 bridgehead atoms. The number of anilines is 1. The van der Waals surface area contributed by atoms with Gasteiger partial charge >= 0.3 is 6.03 Å². The number of hydrogen-bond acceptors (Lipinski definition) is 3. The summed E-state index contributed by atoms with van der Waals surface area (Å²) in [6.45, 7) is 0.297. The number of aliphatic hydroxyl groups is 2. The van der Waals surface area contributed by atoms with E-state index < -0.39 is 12.2 Å². The third kappa shape index (κ3) is 2.51. The molecule has 2 aliphatic rings. The van der Waals surface area contributed by atoms with E-state index in [4.69, 9.17) is 0 Å². The van der Waals surface area contributed by atoms with Gasteiger partial charge in [-0.1, -0.05) is 18.2 Å². The maximum atomic E-state index is 12.3. The molecule has 1 aromatic rings. The van der Waals surface area contributed by atoms with Crippen molar-refractivity contribution in [2.24, 2.45) is 5.92 Å². The molecule has 2 fully saturated rings. The molecule has 108 valence electrons. The van der Waals surface area contributed by atoms with Crippen LogP contribution >= 0.6 is 0 Å². The minimum atomic E-state index is -0.636. The summed E-state index contributed by atoms with van der Waals surface area (Å²) in [5.41, 5.74) is 0.755. The smallest absolute Gasteiger partial charge is 0.322 e. The number of carbonyl (C=O) groups is 1. The Morgan fingerprint density at radius 2 is 1.90 bits per heavy atom. The molecule has 1 aliphatic carbocycles. The summed E-state index contributed by atoms with van der Waals surface area (Å²) in [5, 5.41) is 22.8. The first-order valence-electron chi connectivity index (χ1n) is 7.14.